The molecule has 6 heteroatoms. The van der Waals surface area contributed by atoms with Crippen LogP contribution >= 0.6 is 34.8 Å². The zero-order chi connectivity index (χ0) is 15.2. The number of hydrogen-bond acceptors (Lipinski definition) is 2. The first-order valence-electron chi connectivity index (χ1n) is 6.30. The molecule has 2 N–H and O–H groups in total. The van der Waals surface area contributed by atoms with E-state index in [1.165, 1.54) is 0 Å². The number of anilines is 2. The fraction of sp³-hybridized carbons (Fsp3) is 0.133. The summed E-state index contributed by atoms with van der Waals surface area (Å²) < 4.78 is 0. The molecule has 0 aliphatic carbocycles. The Morgan fingerprint density at radius 3 is 2.33 bits per heavy atom. The highest BCUT2D eigenvalue weighted by atomic mass is 35.5. The van der Waals surface area contributed by atoms with Crippen molar-refractivity contribution in [1.82, 2.24) is 0 Å². The minimum atomic E-state index is -0.131. The highest BCUT2D eigenvalue weighted by Gasteiger charge is 2.07. The van der Waals surface area contributed by atoms with E-state index in [-0.39, 0.29) is 12.3 Å². The van der Waals surface area contributed by atoms with E-state index in [0.717, 1.165) is 0 Å². The molecule has 2 rings (SSSR count). The topological polar surface area (TPSA) is 41.1 Å². The van der Waals surface area contributed by atoms with E-state index in [2.05, 4.69) is 10.6 Å². The van der Waals surface area contributed by atoms with Crippen LogP contribution in [-0.4, -0.2) is 12.5 Å². The second-order valence-electron chi connectivity index (χ2n) is 4.31. The summed E-state index contributed by atoms with van der Waals surface area (Å²) in [7, 11) is 0. The van der Waals surface area contributed by atoms with Crippen molar-refractivity contribution in [1.29, 1.82) is 0 Å². The van der Waals surface area contributed by atoms with Crippen molar-refractivity contribution in [2.45, 2.75) is 6.42 Å². The number of nitrogens with one attached hydrogen (secondary N) is 2. The lowest BCUT2D eigenvalue weighted by Gasteiger charge is -2.10. The molecule has 3 nitrogen and oxygen atoms in total. The number of para-hydroxylation sites is 1. The van der Waals surface area contributed by atoms with E-state index in [9.17, 15) is 4.79 Å². The third-order valence-corrected chi connectivity index (χ3v) is 3.92. The molecule has 0 spiro atoms. The molecule has 21 heavy (non-hydrogen) atoms. The molecule has 0 atom stereocenters. The van der Waals surface area contributed by atoms with Gasteiger partial charge in [0.1, 0.15) is 0 Å². The van der Waals surface area contributed by atoms with Crippen molar-refractivity contribution in [2.75, 3.05) is 17.2 Å². The molecule has 110 valence electrons. The van der Waals surface area contributed by atoms with Gasteiger partial charge in [-0.25, -0.2) is 0 Å². The highest BCUT2D eigenvalue weighted by molar-refractivity contribution is 6.43. The van der Waals surface area contributed by atoms with Crippen LogP contribution in [0.1, 0.15) is 6.42 Å². The van der Waals surface area contributed by atoms with Crippen LogP contribution in [-0.2, 0) is 4.79 Å². The maximum Gasteiger partial charge on any atom is 0.226 e. The first-order valence-corrected chi connectivity index (χ1v) is 7.43. The summed E-state index contributed by atoms with van der Waals surface area (Å²) in [6.07, 6.45) is 0.286. The van der Waals surface area contributed by atoms with E-state index < -0.39 is 0 Å². The third kappa shape index (κ3) is 4.53. The molecular weight excluding hydrogens is 331 g/mol. The van der Waals surface area contributed by atoms with Gasteiger partial charge in [-0.1, -0.05) is 53.0 Å². The Morgan fingerprint density at radius 1 is 0.905 bits per heavy atom. The van der Waals surface area contributed by atoms with Gasteiger partial charge < -0.3 is 10.6 Å². The molecule has 0 fully saturated rings. The standard InChI is InChI=1S/C15H13Cl3N2O/c16-10-4-1-2-6-12(10)20-14(21)8-9-19-13-7-3-5-11(17)15(13)18/h1-7,19H,8-9H2,(H,20,21). The molecule has 0 aliphatic heterocycles. The van der Waals surface area contributed by atoms with Crippen LogP contribution in [0.3, 0.4) is 0 Å². The molecule has 2 aromatic carbocycles. The summed E-state index contributed by atoms with van der Waals surface area (Å²) in [5, 5.41) is 7.26. The molecule has 0 unspecified atom stereocenters. The van der Waals surface area contributed by atoms with Crippen LogP contribution < -0.4 is 10.6 Å². The Labute approximate surface area is 138 Å². The summed E-state index contributed by atoms with van der Waals surface area (Å²) in [5.74, 6) is -0.131. The Morgan fingerprint density at radius 2 is 1.57 bits per heavy atom. The van der Waals surface area contributed by atoms with Crippen molar-refractivity contribution in [2.24, 2.45) is 0 Å². The minimum Gasteiger partial charge on any atom is -0.383 e. The lowest BCUT2D eigenvalue weighted by Crippen LogP contribution is -2.16. The van der Waals surface area contributed by atoms with Gasteiger partial charge in [-0.05, 0) is 24.3 Å². The summed E-state index contributed by atoms with van der Waals surface area (Å²) in [4.78, 5) is 11.8. The van der Waals surface area contributed by atoms with Crippen molar-refractivity contribution in [3.8, 4) is 0 Å². The van der Waals surface area contributed by atoms with Gasteiger partial charge >= 0.3 is 0 Å². The molecule has 0 bridgehead atoms. The Kier molecular flexibility index (Phi) is 5.74. The number of carbonyl (C=O) groups excluding carboxylic acids is 1. The Balaban J connectivity index is 1.85. The quantitative estimate of drug-likeness (QED) is 0.794. The summed E-state index contributed by atoms with van der Waals surface area (Å²) in [6, 6.07) is 12.4. The molecule has 0 aliphatic rings. The van der Waals surface area contributed by atoms with Crippen LogP contribution in [0.2, 0.25) is 15.1 Å². The first kappa shape index (κ1) is 16.0. The average Bonchev–Trinajstić information content (AvgIpc) is 2.46. The first-order chi connectivity index (χ1) is 10.1. The molecule has 0 saturated heterocycles. The van der Waals surface area contributed by atoms with E-state index in [4.69, 9.17) is 34.8 Å². The van der Waals surface area contributed by atoms with Gasteiger partial charge in [-0.15, -0.1) is 0 Å². The van der Waals surface area contributed by atoms with Crippen LogP contribution in [0, 0.1) is 0 Å². The molecule has 0 saturated carbocycles. The second kappa shape index (κ2) is 7.55. The monoisotopic (exact) mass is 342 g/mol. The van der Waals surface area contributed by atoms with Crippen LogP contribution in [0.4, 0.5) is 11.4 Å². The summed E-state index contributed by atoms with van der Waals surface area (Å²) in [5.41, 5.74) is 1.31. The van der Waals surface area contributed by atoms with Crippen LogP contribution in [0.25, 0.3) is 0 Å². The molecule has 0 radical (unpaired) electrons. The Hall–Kier alpha value is -1.42. The molecular formula is C15H13Cl3N2O. The van der Waals surface area contributed by atoms with Gasteiger partial charge in [0.25, 0.3) is 0 Å². The van der Waals surface area contributed by atoms with E-state index >= 15 is 0 Å². The molecule has 0 aromatic heterocycles. The predicted octanol–water partition coefficient (Wildman–Crippen LogP) is 5.09. The fourth-order valence-electron chi connectivity index (χ4n) is 1.73. The van der Waals surface area contributed by atoms with Gasteiger partial charge in [0.05, 0.1) is 26.4 Å². The van der Waals surface area contributed by atoms with Crippen LogP contribution in [0.5, 0.6) is 0 Å². The minimum absolute atomic E-state index is 0.131. The number of rotatable bonds is 5. The van der Waals surface area contributed by atoms with Crippen molar-refractivity contribution in [3.63, 3.8) is 0 Å². The number of amides is 1. The summed E-state index contributed by atoms with van der Waals surface area (Å²) >= 11 is 17.9. The second-order valence-corrected chi connectivity index (χ2v) is 5.50. The molecule has 2 aromatic rings. The number of hydrogen-bond donors (Lipinski definition) is 2. The van der Waals surface area contributed by atoms with E-state index in [0.29, 0.717) is 33.0 Å². The van der Waals surface area contributed by atoms with Gasteiger partial charge in [-0.2, -0.15) is 0 Å². The van der Waals surface area contributed by atoms with Crippen molar-refractivity contribution in [3.05, 3.63) is 57.5 Å². The zero-order valence-electron chi connectivity index (χ0n) is 11.0. The maximum atomic E-state index is 11.8. The highest BCUT2D eigenvalue weighted by Crippen LogP contribution is 2.29. The molecule has 1 amide bonds. The number of benzene rings is 2. The zero-order valence-corrected chi connectivity index (χ0v) is 13.3. The average molecular weight is 344 g/mol. The fourth-order valence-corrected chi connectivity index (χ4v) is 2.28. The van der Waals surface area contributed by atoms with Crippen molar-refractivity contribution >= 4 is 52.1 Å². The third-order valence-electron chi connectivity index (χ3n) is 2.77. The molecule has 0 heterocycles. The summed E-state index contributed by atoms with van der Waals surface area (Å²) in [6.45, 7) is 0.441. The normalized spacial score (nSPS) is 10.2. The maximum absolute atomic E-state index is 11.8. The number of carbonyl (C=O) groups is 1. The van der Waals surface area contributed by atoms with Gasteiger partial charge in [-0.3, -0.25) is 4.79 Å². The van der Waals surface area contributed by atoms with Crippen LogP contribution in [0.15, 0.2) is 42.5 Å². The van der Waals surface area contributed by atoms with Gasteiger partial charge in [0.15, 0.2) is 0 Å². The van der Waals surface area contributed by atoms with E-state index in [1.807, 2.05) is 6.07 Å². The largest absolute Gasteiger partial charge is 0.383 e. The van der Waals surface area contributed by atoms with Gasteiger partial charge in [0, 0.05) is 13.0 Å². The smallest absolute Gasteiger partial charge is 0.226 e. The van der Waals surface area contributed by atoms with Gasteiger partial charge in [0.2, 0.25) is 5.91 Å². The van der Waals surface area contributed by atoms with E-state index in [1.54, 1.807) is 36.4 Å². The lowest BCUT2D eigenvalue weighted by atomic mass is 10.3. The lowest BCUT2D eigenvalue weighted by molar-refractivity contribution is -0.115. The SMILES string of the molecule is O=C(CCNc1cccc(Cl)c1Cl)Nc1ccccc1Cl. The predicted molar refractivity (Wildman–Crippen MR) is 89.7 cm³/mol. The number of halogens is 3. The van der Waals surface area contributed by atoms with Crippen molar-refractivity contribution < 1.29 is 4.79 Å². The Bertz CT molecular complexity index is 647.